The molecule has 0 bridgehead atoms. The summed E-state index contributed by atoms with van der Waals surface area (Å²) in [4.78, 5) is 10.7. The maximum atomic E-state index is 13.3. The lowest BCUT2D eigenvalue weighted by atomic mass is 10.1. The topological polar surface area (TPSA) is 49.3 Å². The molecule has 0 heterocycles. The normalized spacial score (nSPS) is 9.38. The van der Waals surface area contributed by atoms with Crippen molar-refractivity contribution in [3.8, 4) is 11.8 Å². The summed E-state index contributed by atoms with van der Waals surface area (Å²) in [6.45, 7) is 2.43. The van der Waals surface area contributed by atoms with Crippen LogP contribution in [-0.4, -0.2) is 17.6 Å². The number of carboxylic acids is 1. The monoisotopic (exact) mass is 221 g/mol. The molecule has 0 aromatic heterocycles. The first-order valence-electron chi connectivity index (χ1n) is 4.77. The van der Waals surface area contributed by atoms with Gasteiger partial charge in [-0.1, -0.05) is 5.92 Å². The SMILES string of the molecule is CC#CCNCc1cc(C(=O)O)ccc1F. The van der Waals surface area contributed by atoms with Gasteiger partial charge in [0.2, 0.25) is 0 Å². The fourth-order valence-corrected chi connectivity index (χ4v) is 1.19. The molecule has 0 aliphatic rings. The number of carbonyl (C=O) groups is 1. The van der Waals surface area contributed by atoms with Gasteiger partial charge in [-0.2, -0.15) is 0 Å². The zero-order chi connectivity index (χ0) is 12.0. The Bertz CT molecular complexity index is 446. The van der Waals surface area contributed by atoms with Crippen LogP contribution >= 0.6 is 0 Å². The summed E-state index contributed by atoms with van der Waals surface area (Å²) in [6.07, 6.45) is 0. The molecule has 0 unspecified atom stereocenters. The molecule has 0 amide bonds. The van der Waals surface area contributed by atoms with Crippen molar-refractivity contribution in [2.24, 2.45) is 0 Å². The zero-order valence-electron chi connectivity index (χ0n) is 8.88. The summed E-state index contributed by atoms with van der Waals surface area (Å²) in [5.74, 6) is 4.00. The fraction of sp³-hybridized carbons (Fsp3) is 0.250. The first kappa shape index (κ1) is 12.2. The lowest BCUT2D eigenvalue weighted by Gasteiger charge is -2.04. The molecule has 0 radical (unpaired) electrons. The minimum absolute atomic E-state index is 0.0831. The van der Waals surface area contributed by atoms with Crippen LogP contribution < -0.4 is 5.32 Å². The number of rotatable bonds is 4. The number of carboxylic acid groups (broad SMARTS) is 1. The highest BCUT2D eigenvalue weighted by Crippen LogP contribution is 2.10. The van der Waals surface area contributed by atoms with Crippen LogP contribution in [0.1, 0.15) is 22.8 Å². The van der Waals surface area contributed by atoms with E-state index in [4.69, 9.17) is 5.11 Å². The van der Waals surface area contributed by atoms with E-state index >= 15 is 0 Å². The van der Waals surface area contributed by atoms with Crippen LogP contribution in [0.5, 0.6) is 0 Å². The van der Waals surface area contributed by atoms with Crippen molar-refractivity contribution >= 4 is 5.97 Å². The summed E-state index contributed by atoms with van der Waals surface area (Å²) in [7, 11) is 0. The van der Waals surface area contributed by atoms with Gasteiger partial charge in [0.05, 0.1) is 12.1 Å². The molecule has 3 nitrogen and oxygen atoms in total. The molecule has 1 rings (SSSR count). The molecule has 16 heavy (non-hydrogen) atoms. The molecule has 0 aliphatic carbocycles. The average Bonchev–Trinajstić information content (AvgIpc) is 2.26. The molecule has 84 valence electrons. The molecule has 0 atom stereocenters. The van der Waals surface area contributed by atoms with Crippen molar-refractivity contribution in [1.29, 1.82) is 0 Å². The van der Waals surface area contributed by atoms with E-state index in [1.165, 1.54) is 12.1 Å². The summed E-state index contributed by atoms with van der Waals surface area (Å²) < 4.78 is 13.3. The third kappa shape index (κ3) is 3.37. The third-order valence-electron chi connectivity index (χ3n) is 2.00. The fourth-order valence-electron chi connectivity index (χ4n) is 1.19. The molecule has 4 heteroatoms. The molecule has 0 saturated carbocycles. The van der Waals surface area contributed by atoms with Gasteiger partial charge in [-0.05, 0) is 25.1 Å². The van der Waals surface area contributed by atoms with Gasteiger partial charge < -0.3 is 10.4 Å². The molecule has 1 aromatic carbocycles. The van der Waals surface area contributed by atoms with Crippen LogP contribution in [0.15, 0.2) is 18.2 Å². The van der Waals surface area contributed by atoms with Gasteiger partial charge in [0.1, 0.15) is 5.82 Å². The number of halogens is 1. The highest BCUT2D eigenvalue weighted by Gasteiger charge is 2.07. The molecular formula is C12H12FNO2. The average molecular weight is 221 g/mol. The van der Waals surface area contributed by atoms with Crippen molar-refractivity contribution in [3.05, 3.63) is 35.1 Å². The molecule has 0 spiro atoms. The summed E-state index contributed by atoms with van der Waals surface area (Å²) >= 11 is 0. The van der Waals surface area contributed by atoms with Crippen molar-refractivity contribution < 1.29 is 14.3 Å². The molecule has 0 saturated heterocycles. The first-order valence-corrected chi connectivity index (χ1v) is 4.77. The van der Waals surface area contributed by atoms with Gasteiger partial charge in [0.25, 0.3) is 0 Å². The Kier molecular flexibility index (Phi) is 4.49. The minimum Gasteiger partial charge on any atom is -0.478 e. The lowest BCUT2D eigenvalue weighted by Crippen LogP contribution is -2.14. The van der Waals surface area contributed by atoms with E-state index in [1.807, 2.05) is 0 Å². The van der Waals surface area contributed by atoms with Gasteiger partial charge in [0.15, 0.2) is 0 Å². The number of hydrogen-bond acceptors (Lipinski definition) is 2. The van der Waals surface area contributed by atoms with Gasteiger partial charge in [-0.3, -0.25) is 0 Å². The van der Waals surface area contributed by atoms with Crippen LogP contribution in [0.25, 0.3) is 0 Å². The van der Waals surface area contributed by atoms with Crippen LogP contribution in [0, 0.1) is 17.7 Å². The second kappa shape index (κ2) is 5.89. The smallest absolute Gasteiger partial charge is 0.335 e. The number of nitrogens with one attached hydrogen (secondary N) is 1. The second-order valence-electron chi connectivity index (χ2n) is 3.14. The highest BCUT2D eigenvalue weighted by atomic mass is 19.1. The maximum absolute atomic E-state index is 13.3. The summed E-state index contributed by atoms with van der Waals surface area (Å²) in [6, 6.07) is 3.73. The van der Waals surface area contributed by atoms with Crippen molar-refractivity contribution in [2.75, 3.05) is 6.54 Å². The summed E-state index contributed by atoms with van der Waals surface area (Å²) in [5, 5.41) is 11.6. The van der Waals surface area contributed by atoms with E-state index in [0.717, 1.165) is 6.07 Å². The summed E-state index contributed by atoms with van der Waals surface area (Å²) in [5.41, 5.74) is 0.414. The molecule has 1 aromatic rings. The standard InChI is InChI=1S/C12H12FNO2/c1-2-3-6-14-8-10-7-9(12(15)16)4-5-11(10)13/h4-5,7,14H,6,8H2,1H3,(H,15,16). The van der Waals surface area contributed by atoms with E-state index in [-0.39, 0.29) is 12.1 Å². The zero-order valence-corrected chi connectivity index (χ0v) is 8.88. The predicted octanol–water partition coefficient (Wildman–Crippen LogP) is 1.64. The number of hydrogen-bond donors (Lipinski definition) is 2. The molecule has 2 N–H and O–H groups in total. The van der Waals surface area contributed by atoms with Gasteiger partial charge in [-0.25, -0.2) is 9.18 Å². The van der Waals surface area contributed by atoms with Crippen LogP contribution in [0.3, 0.4) is 0 Å². The largest absolute Gasteiger partial charge is 0.478 e. The van der Waals surface area contributed by atoms with Gasteiger partial charge in [0, 0.05) is 12.1 Å². The number of benzene rings is 1. The quantitative estimate of drug-likeness (QED) is 0.600. The van der Waals surface area contributed by atoms with Crippen molar-refractivity contribution in [1.82, 2.24) is 5.32 Å². The van der Waals surface area contributed by atoms with Crippen LogP contribution in [0.4, 0.5) is 4.39 Å². The number of aromatic carboxylic acids is 1. The van der Waals surface area contributed by atoms with Gasteiger partial charge in [-0.15, -0.1) is 5.92 Å². The van der Waals surface area contributed by atoms with E-state index in [1.54, 1.807) is 6.92 Å². The van der Waals surface area contributed by atoms with Crippen LogP contribution in [-0.2, 0) is 6.54 Å². The van der Waals surface area contributed by atoms with Crippen molar-refractivity contribution in [2.45, 2.75) is 13.5 Å². The Labute approximate surface area is 93.3 Å². The maximum Gasteiger partial charge on any atom is 0.335 e. The lowest BCUT2D eigenvalue weighted by molar-refractivity contribution is 0.0696. The van der Waals surface area contributed by atoms with E-state index in [9.17, 15) is 9.18 Å². The Morgan fingerprint density at radius 1 is 1.56 bits per heavy atom. The Hall–Kier alpha value is -1.86. The Morgan fingerprint density at radius 2 is 2.31 bits per heavy atom. The van der Waals surface area contributed by atoms with Gasteiger partial charge >= 0.3 is 5.97 Å². The van der Waals surface area contributed by atoms with Crippen LogP contribution in [0.2, 0.25) is 0 Å². The van der Waals surface area contributed by atoms with E-state index in [0.29, 0.717) is 12.1 Å². The molecule has 0 aliphatic heterocycles. The third-order valence-corrected chi connectivity index (χ3v) is 2.00. The van der Waals surface area contributed by atoms with Crippen molar-refractivity contribution in [3.63, 3.8) is 0 Å². The minimum atomic E-state index is -1.06. The van der Waals surface area contributed by atoms with E-state index in [2.05, 4.69) is 17.2 Å². The Morgan fingerprint density at radius 3 is 2.94 bits per heavy atom. The predicted molar refractivity (Wildman–Crippen MR) is 58.5 cm³/mol. The second-order valence-corrected chi connectivity index (χ2v) is 3.14. The molecular weight excluding hydrogens is 209 g/mol. The Balaban J connectivity index is 2.73. The molecule has 0 fully saturated rings. The van der Waals surface area contributed by atoms with E-state index < -0.39 is 11.8 Å². The first-order chi connectivity index (χ1) is 7.65. The highest BCUT2D eigenvalue weighted by molar-refractivity contribution is 5.87.